The summed E-state index contributed by atoms with van der Waals surface area (Å²) in [4.78, 5) is 46.1. The SMILES string of the molecule is C=CCCCCC[C@H](NC(=O)OC(C)(C)C)C(=O)N1C[C@@]2(CCc3c(c(C)nc4ccc(Cl)cc34)O2)C[C@H]1C(=O)OC. The molecule has 2 aliphatic rings. The number of amides is 2. The lowest BCUT2D eigenvalue weighted by Crippen LogP contribution is -2.53. The first kappa shape index (κ1) is 31.6. The lowest BCUT2D eigenvalue weighted by atomic mass is 9.87. The molecule has 228 valence electrons. The molecule has 3 atom stereocenters. The van der Waals surface area contributed by atoms with Crippen molar-refractivity contribution in [3.8, 4) is 5.75 Å². The average molecular weight is 600 g/mol. The molecule has 42 heavy (non-hydrogen) atoms. The maximum Gasteiger partial charge on any atom is 0.408 e. The first-order chi connectivity index (χ1) is 19.9. The third kappa shape index (κ3) is 7.17. The number of pyridine rings is 1. The zero-order valence-electron chi connectivity index (χ0n) is 25.3. The van der Waals surface area contributed by atoms with E-state index in [4.69, 9.17) is 30.8 Å². The summed E-state index contributed by atoms with van der Waals surface area (Å²) in [6, 6.07) is 3.89. The minimum Gasteiger partial charge on any atom is -0.483 e. The van der Waals surface area contributed by atoms with Crippen LogP contribution in [0.1, 0.15) is 77.0 Å². The van der Waals surface area contributed by atoms with Crippen LogP contribution in [0.4, 0.5) is 4.79 Å². The topological polar surface area (TPSA) is 107 Å². The van der Waals surface area contributed by atoms with Crippen molar-refractivity contribution in [3.63, 3.8) is 0 Å². The maximum atomic E-state index is 14.1. The minimum atomic E-state index is -0.865. The molecule has 3 heterocycles. The summed E-state index contributed by atoms with van der Waals surface area (Å²) in [5.41, 5.74) is 1.07. The number of allylic oxidation sites excluding steroid dienone is 1. The Bertz CT molecular complexity index is 1360. The zero-order valence-corrected chi connectivity index (χ0v) is 26.0. The number of carbonyl (C=O) groups is 3. The number of nitrogens with one attached hydrogen (secondary N) is 1. The molecule has 2 aromatic rings. The van der Waals surface area contributed by atoms with Crippen molar-refractivity contribution in [1.82, 2.24) is 15.2 Å². The van der Waals surface area contributed by atoms with Gasteiger partial charge in [0.15, 0.2) is 0 Å². The number of benzene rings is 1. The van der Waals surface area contributed by atoms with Gasteiger partial charge in [-0.2, -0.15) is 0 Å². The predicted octanol–water partition coefficient (Wildman–Crippen LogP) is 6.06. The fraction of sp³-hybridized carbons (Fsp3) is 0.562. The van der Waals surface area contributed by atoms with Gasteiger partial charge in [0, 0.05) is 22.4 Å². The summed E-state index contributed by atoms with van der Waals surface area (Å²) >= 11 is 6.30. The number of unbranched alkanes of at least 4 members (excludes halogenated alkanes) is 3. The molecule has 9 nitrogen and oxygen atoms in total. The van der Waals surface area contributed by atoms with Crippen LogP contribution in [0, 0.1) is 6.92 Å². The number of carbonyl (C=O) groups excluding carboxylic acids is 3. The number of halogens is 1. The van der Waals surface area contributed by atoms with Crippen LogP contribution in [0.3, 0.4) is 0 Å². The lowest BCUT2D eigenvalue weighted by molar-refractivity contribution is -0.151. The third-order valence-electron chi connectivity index (χ3n) is 7.87. The Morgan fingerprint density at radius 2 is 2.05 bits per heavy atom. The van der Waals surface area contributed by atoms with Crippen molar-refractivity contribution in [2.24, 2.45) is 0 Å². The molecular weight excluding hydrogens is 558 g/mol. The van der Waals surface area contributed by atoms with E-state index in [-0.39, 0.29) is 18.9 Å². The number of alkyl carbamates (subject to hydrolysis) is 1. The van der Waals surface area contributed by atoms with Gasteiger partial charge in [-0.05, 0) is 78.0 Å². The molecule has 1 spiro atoms. The Morgan fingerprint density at radius 3 is 2.74 bits per heavy atom. The van der Waals surface area contributed by atoms with E-state index < -0.39 is 35.3 Å². The number of esters is 1. The van der Waals surface area contributed by atoms with Gasteiger partial charge in [0.1, 0.15) is 29.0 Å². The fourth-order valence-electron chi connectivity index (χ4n) is 5.93. The molecule has 1 saturated heterocycles. The van der Waals surface area contributed by atoms with Crippen LogP contribution in [-0.4, -0.2) is 64.8 Å². The van der Waals surface area contributed by atoms with E-state index in [9.17, 15) is 14.4 Å². The van der Waals surface area contributed by atoms with Gasteiger partial charge in [0.2, 0.25) is 5.91 Å². The Kier molecular flexibility index (Phi) is 9.70. The van der Waals surface area contributed by atoms with Gasteiger partial charge in [-0.15, -0.1) is 6.58 Å². The number of hydrogen-bond donors (Lipinski definition) is 1. The van der Waals surface area contributed by atoms with Crippen LogP contribution >= 0.6 is 11.6 Å². The standard InChI is InChI=1S/C32H42ClN3O6/c1-7-8-9-10-11-12-25(35-30(39)42-31(3,4)5)28(37)36-19-32(18-26(36)29(38)40-6)16-15-22-23-17-21(33)13-14-24(23)34-20(2)27(22)41-32/h7,13-14,17,25-26H,1,8-12,15-16,18-19H2,2-6H3,(H,35,39)/t25-,26-,32+/m0/s1. The molecule has 0 saturated carbocycles. The number of likely N-dealkylation sites (tertiary alicyclic amines) is 1. The first-order valence-corrected chi connectivity index (χ1v) is 15.0. The van der Waals surface area contributed by atoms with Gasteiger partial charge >= 0.3 is 12.1 Å². The number of nitrogens with zero attached hydrogens (tertiary/aromatic N) is 2. The monoisotopic (exact) mass is 599 g/mol. The Morgan fingerprint density at radius 1 is 1.29 bits per heavy atom. The normalized spacial score (nSPS) is 20.5. The predicted molar refractivity (Wildman–Crippen MR) is 162 cm³/mol. The van der Waals surface area contributed by atoms with Crippen LogP contribution in [0.5, 0.6) is 5.75 Å². The molecule has 10 heteroatoms. The van der Waals surface area contributed by atoms with E-state index >= 15 is 0 Å². The third-order valence-corrected chi connectivity index (χ3v) is 8.11. The van der Waals surface area contributed by atoms with E-state index in [1.807, 2.05) is 31.2 Å². The molecule has 0 bridgehead atoms. The largest absolute Gasteiger partial charge is 0.483 e. The highest BCUT2D eigenvalue weighted by Gasteiger charge is 2.53. The number of hydrogen-bond acceptors (Lipinski definition) is 7. The van der Waals surface area contributed by atoms with Gasteiger partial charge in [0.25, 0.3) is 0 Å². The van der Waals surface area contributed by atoms with Crippen molar-refractivity contribution in [1.29, 1.82) is 0 Å². The number of aryl methyl sites for hydroxylation is 2. The smallest absolute Gasteiger partial charge is 0.408 e. The number of rotatable bonds is 9. The second-order valence-electron chi connectivity index (χ2n) is 12.3. The highest BCUT2D eigenvalue weighted by Crippen LogP contribution is 2.45. The molecular formula is C32H42ClN3O6. The van der Waals surface area contributed by atoms with Crippen molar-refractivity contribution in [2.45, 2.75) is 102 Å². The molecule has 1 fully saturated rings. The molecule has 4 rings (SSSR count). The molecule has 2 aliphatic heterocycles. The molecule has 2 amide bonds. The number of fused-ring (bicyclic) bond motifs is 3. The summed E-state index contributed by atoms with van der Waals surface area (Å²) < 4.78 is 17.3. The summed E-state index contributed by atoms with van der Waals surface area (Å²) in [5, 5.41) is 4.33. The van der Waals surface area contributed by atoms with Crippen LogP contribution in [0.15, 0.2) is 30.9 Å². The maximum absolute atomic E-state index is 14.1. The van der Waals surface area contributed by atoms with Gasteiger partial charge in [-0.1, -0.05) is 30.5 Å². The fourth-order valence-corrected chi connectivity index (χ4v) is 6.10. The second-order valence-corrected chi connectivity index (χ2v) is 12.7. The van der Waals surface area contributed by atoms with Crippen LogP contribution in [-0.2, 0) is 25.5 Å². The van der Waals surface area contributed by atoms with E-state index in [2.05, 4.69) is 11.9 Å². The summed E-state index contributed by atoms with van der Waals surface area (Å²) in [5.74, 6) is -0.206. The molecule has 1 N–H and O–H groups in total. The van der Waals surface area contributed by atoms with Crippen molar-refractivity contribution < 1.29 is 28.6 Å². The van der Waals surface area contributed by atoms with Gasteiger partial charge in [-0.3, -0.25) is 4.79 Å². The van der Waals surface area contributed by atoms with E-state index in [1.165, 1.54) is 12.0 Å². The van der Waals surface area contributed by atoms with Crippen molar-refractivity contribution in [2.75, 3.05) is 13.7 Å². The highest BCUT2D eigenvalue weighted by molar-refractivity contribution is 6.31. The zero-order chi connectivity index (χ0) is 30.7. The van der Waals surface area contributed by atoms with Gasteiger partial charge in [0.05, 0.1) is 24.9 Å². The lowest BCUT2D eigenvalue weighted by Gasteiger charge is -2.36. The van der Waals surface area contributed by atoms with Crippen LogP contribution < -0.4 is 10.1 Å². The second kappa shape index (κ2) is 12.9. The van der Waals surface area contributed by atoms with Gasteiger partial charge < -0.3 is 24.4 Å². The summed E-state index contributed by atoms with van der Waals surface area (Å²) in [6.07, 6.45) is 6.55. The van der Waals surface area contributed by atoms with E-state index in [0.29, 0.717) is 36.5 Å². The summed E-state index contributed by atoms with van der Waals surface area (Å²) in [6.45, 7) is 11.1. The Balaban J connectivity index is 1.61. The van der Waals surface area contributed by atoms with Crippen molar-refractivity contribution in [3.05, 3.63) is 47.1 Å². The molecule has 0 aliphatic carbocycles. The molecule has 1 aromatic heterocycles. The van der Waals surface area contributed by atoms with Gasteiger partial charge in [-0.25, -0.2) is 14.6 Å². The Labute approximate surface area is 252 Å². The van der Waals surface area contributed by atoms with E-state index in [0.717, 1.165) is 41.4 Å². The Hall–Kier alpha value is -3.33. The molecule has 1 aromatic carbocycles. The molecule has 0 radical (unpaired) electrons. The summed E-state index contributed by atoms with van der Waals surface area (Å²) in [7, 11) is 1.31. The average Bonchev–Trinajstić information content (AvgIpc) is 3.29. The number of ether oxygens (including phenoxy) is 3. The minimum absolute atomic E-state index is 0.182. The van der Waals surface area contributed by atoms with Crippen LogP contribution in [0.2, 0.25) is 5.02 Å². The number of methoxy groups -OCH3 is 1. The first-order valence-electron chi connectivity index (χ1n) is 14.6. The van der Waals surface area contributed by atoms with Crippen LogP contribution in [0.25, 0.3) is 10.9 Å². The number of aromatic nitrogens is 1. The van der Waals surface area contributed by atoms with Crippen molar-refractivity contribution >= 4 is 40.5 Å². The quantitative estimate of drug-likeness (QED) is 0.212. The van der Waals surface area contributed by atoms with E-state index in [1.54, 1.807) is 20.8 Å². The highest BCUT2D eigenvalue weighted by atomic mass is 35.5. The molecule has 0 unspecified atom stereocenters.